The number of aryl methyl sites for hydroxylation is 1. The molecule has 1 heterocycles. The van der Waals surface area contributed by atoms with Crippen molar-refractivity contribution < 1.29 is 17.6 Å². The van der Waals surface area contributed by atoms with Crippen molar-refractivity contribution >= 4 is 15.9 Å². The molecular weight excluding hydrogens is 295 g/mol. The summed E-state index contributed by atoms with van der Waals surface area (Å²) in [4.78, 5) is 13.9. The number of sulfonamides is 1. The Balaban J connectivity index is 2.05. The molecule has 0 atom stereocenters. The van der Waals surface area contributed by atoms with Gasteiger partial charge in [-0.15, -0.1) is 0 Å². The van der Waals surface area contributed by atoms with E-state index in [2.05, 4.69) is 0 Å². The maximum atomic E-state index is 13.2. The number of piperazine rings is 1. The molecule has 0 spiro atoms. The molecule has 1 aliphatic rings. The summed E-state index contributed by atoms with van der Waals surface area (Å²) >= 11 is 0. The highest BCUT2D eigenvalue weighted by atomic mass is 32.2. The summed E-state index contributed by atoms with van der Waals surface area (Å²) < 4.78 is 38.2. The van der Waals surface area contributed by atoms with E-state index in [1.54, 1.807) is 18.7 Å². The molecule has 0 unspecified atom stereocenters. The Labute approximate surface area is 124 Å². The van der Waals surface area contributed by atoms with E-state index in [4.69, 9.17) is 0 Å². The third-order valence-electron chi connectivity index (χ3n) is 3.69. The maximum absolute atomic E-state index is 13.2. The zero-order valence-corrected chi connectivity index (χ0v) is 13.0. The lowest BCUT2D eigenvalue weighted by Crippen LogP contribution is -2.50. The number of carbonyl (C=O) groups excluding carboxylic acids is 1. The summed E-state index contributed by atoms with van der Waals surface area (Å²) in [6.07, 6.45) is 0. The molecule has 1 amide bonds. The zero-order chi connectivity index (χ0) is 15.6. The molecule has 1 aliphatic heterocycles. The Bertz CT molecular complexity index is 638. The van der Waals surface area contributed by atoms with Crippen LogP contribution >= 0.6 is 0 Å². The van der Waals surface area contributed by atoms with E-state index < -0.39 is 10.0 Å². The molecule has 1 aromatic rings. The summed E-state index contributed by atoms with van der Waals surface area (Å²) in [6, 6.07) is 4.26. The molecule has 7 heteroatoms. The lowest BCUT2D eigenvalue weighted by Gasteiger charge is -2.33. The second-order valence-electron chi connectivity index (χ2n) is 5.06. The van der Waals surface area contributed by atoms with Crippen LogP contribution in [0.3, 0.4) is 0 Å². The van der Waals surface area contributed by atoms with Gasteiger partial charge in [0.2, 0.25) is 10.0 Å². The van der Waals surface area contributed by atoms with Gasteiger partial charge in [-0.1, -0.05) is 0 Å². The molecule has 0 bridgehead atoms. The summed E-state index contributed by atoms with van der Waals surface area (Å²) in [5.74, 6) is -0.463. The van der Waals surface area contributed by atoms with E-state index in [0.717, 1.165) is 0 Å². The van der Waals surface area contributed by atoms with Crippen molar-refractivity contribution in [3.05, 3.63) is 35.1 Å². The molecule has 1 fully saturated rings. The van der Waals surface area contributed by atoms with Gasteiger partial charge in [0.15, 0.2) is 0 Å². The van der Waals surface area contributed by atoms with Crippen molar-refractivity contribution in [1.82, 2.24) is 9.21 Å². The van der Waals surface area contributed by atoms with Crippen molar-refractivity contribution in [2.24, 2.45) is 0 Å². The highest BCUT2D eigenvalue weighted by molar-refractivity contribution is 7.89. The number of hydrogen-bond donors (Lipinski definition) is 0. The minimum atomic E-state index is -3.20. The van der Waals surface area contributed by atoms with Gasteiger partial charge in [0.1, 0.15) is 5.82 Å². The standard InChI is InChI=1S/C14H19FN2O3S/c1-3-21(19,20)17-8-6-16(7-9-17)14(18)12-4-5-13(15)11(2)10-12/h4-5,10H,3,6-9H2,1-2H3. The molecule has 0 radical (unpaired) electrons. The number of benzene rings is 1. The van der Waals surface area contributed by atoms with Gasteiger partial charge in [0, 0.05) is 31.7 Å². The molecule has 0 aliphatic carbocycles. The first kappa shape index (κ1) is 15.9. The van der Waals surface area contributed by atoms with Crippen LogP contribution in [-0.4, -0.2) is 55.5 Å². The number of hydrogen-bond acceptors (Lipinski definition) is 3. The quantitative estimate of drug-likeness (QED) is 0.843. The smallest absolute Gasteiger partial charge is 0.253 e. The van der Waals surface area contributed by atoms with Crippen LogP contribution in [0.1, 0.15) is 22.8 Å². The van der Waals surface area contributed by atoms with Crippen molar-refractivity contribution in [2.45, 2.75) is 13.8 Å². The van der Waals surface area contributed by atoms with Crippen LogP contribution < -0.4 is 0 Å². The number of nitrogens with zero attached hydrogens (tertiary/aromatic N) is 2. The monoisotopic (exact) mass is 314 g/mol. The van der Waals surface area contributed by atoms with Gasteiger partial charge < -0.3 is 4.90 Å². The molecule has 0 N–H and O–H groups in total. The highest BCUT2D eigenvalue weighted by Crippen LogP contribution is 2.14. The highest BCUT2D eigenvalue weighted by Gasteiger charge is 2.28. The average molecular weight is 314 g/mol. The van der Waals surface area contributed by atoms with Gasteiger partial charge in [-0.05, 0) is 37.6 Å². The van der Waals surface area contributed by atoms with Gasteiger partial charge in [-0.25, -0.2) is 12.8 Å². The third-order valence-corrected chi connectivity index (χ3v) is 5.57. The van der Waals surface area contributed by atoms with Gasteiger partial charge in [-0.2, -0.15) is 4.31 Å². The predicted molar refractivity (Wildman–Crippen MR) is 78.1 cm³/mol. The molecule has 21 heavy (non-hydrogen) atoms. The van der Waals surface area contributed by atoms with Crippen LogP contribution in [0.5, 0.6) is 0 Å². The SMILES string of the molecule is CCS(=O)(=O)N1CCN(C(=O)c2ccc(F)c(C)c2)CC1. The topological polar surface area (TPSA) is 57.7 Å². The molecule has 5 nitrogen and oxygen atoms in total. The predicted octanol–water partition coefficient (Wildman–Crippen LogP) is 1.24. The molecular formula is C14H19FN2O3S. The first-order valence-corrected chi connectivity index (χ1v) is 8.49. The fourth-order valence-corrected chi connectivity index (χ4v) is 3.40. The normalized spacial score (nSPS) is 17.0. The second-order valence-corrected chi connectivity index (χ2v) is 7.31. The Morgan fingerprint density at radius 3 is 2.38 bits per heavy atom. The Kier molecular flexibility index (Phi) is 4.63. The lowest BCUT2D eigenvalue weighted by atomic mass is 10.1. The number of halogens is 1. The molecule has 1 aromatic carbocycles. The Hall–Kier alpha value is -1.47. The summed E-state index contributed by atoms with van der Waals surface area (Å²) in [7, 11) is -3.20. The zero-order valence-electron chi connectivity index (χ0n) is 12.2. The fraction of sp³-hybridized carbons (Fsp3) is 0.500. The van der Waals surface area contributed by atoms with Gasteiger partial charge >= 0.3 is 0 Å². The van der Waals surface area contributed by atoms with Crippen molar-refractivity contribution in [1.29, 1.82) is 0 Å². The summed E-state index contributed by atoms with van der Waals surface area (Å²) in [5.41, 5.74) is 0.855. The number of rotatable bonds is 3. The number of amides is 1. The van der Waals surface area contributed by atoms with Crippen LogP contribution in [0, 0.1) is 12.7 Å². The van der Waals surface area contributed by atoms with E-state index in [9.17, 15) is 17.6 Å². The minimum absolute atomic E-state index is 0.0676. The maximum Gasteiger partial charge on any atom is 0.253 e. The molecule has 0 saturated carbocycles. The van der Waals surface area contributed by atoms with Crippen LogP contribution in [0.2, 0.25) is 0 Å². The van der Waals surface area contributed by atoms with E-state index in [1.165, 1.54) is 22.5 Å². The first-order chi connectivity index (χ1) is 9.85. The van der Waals surface area contributed by atoms with E-state index in [1.807, 2.05) is 0 Å². The Morgan fingerprint density at radius 1 is 1.24 bits per heavy atom. The van der Waals surface area contributed by atoms with Gasteiger partial charge in [-0.3, -0.25) is 4.79 Å². The van der Waals surface area contributed by atoms with Crippen LogP contribution in [-0.2, 0) is 10.0 Å². The van der Waals surface area contributed by atoms with E-state index >= 15 is 0 Å². The van der Waals surface area contributed by atoms with Crippen LogP contribution in [0.25, 0.3) is 0 Å². The van der Waals surface area contributed by atoms with Crippen molar-refractivity contribution in [3.8, 4) is 0 Å². The Morgan fingerprint density at radius 2 is 1.86 bits per heavy atom. The van der Waals surface area contributed by atoms with Gasteiger partial charge in [0.25, 0.3) is 5.91 Å². The fourth-order valence-electron chi connectivity index (χ4n) is 2.31. The van der Waals surface area contributed by atoms with E-state index in [-0.39, 0.29) is 17.5 Å². The van der Waals surface area contributed by atoms with Crippen LogP contribution in [0.15, 0.2) is 18.2 Å². The van der Waals surface area contributed by atoms with Crippen LogP contribution in [0.4, 0.5) is 4.39 Å². The minimum Gasteiger partial charge on any atom is -0.336 e. The lowest BCUT2D eigenvalue weighted by molar-refractivity contribution is 0.0698. The summed E-state index contributed by atoms with van der Waals surface area (Å²) in [5, 5.41) is 0. The van der Waals surface area contributed by atoms with Crippen molar-refractivity contribution in [3.63, 3.8) is 0 Å². The average Bonchev–Trinajstić information content (AvgIpc) is 2.49. The molecule has 0 aromatic heterocycles. The molecule has 1 saturated heterocycles. The van der Waals surface area contributed by atoms with E-state index in [0.29, 0.717) is 37.3 Å². The number of carbonyl (C=O) groups is 1. The molecule has 116 valence electrons. The molecule has 2 rings (SSSR count). The third kappa shape index (κ3) is 3.41. The van der Waals surface area contributed by atoms with Gasteiger partial charge in [0.05, 0.1) is 5.75 Å². The second kappa shape index (κ2) is 6.11. The largest absolute Gasteiger partial charge is 0.336 e. The summed E-state index contributed by atoms with van der Waals surface area (Å²) in [6.45, 7) is 4.54. The first-order valence-electron chi connectivity index (χ1n) is 6.88. The van der Waals surface area contributed by atoms with Crippen molar-refractivity contribution in [2.75, 3.05) is 31.9 Å².